The molecule has 0 atom stereocenters. The summed E-state index contributed by atoms with van der Waals surface area (Å²) in [6.45, 7) is 1.78. The molecule has 0 fully saturated rings. The number of hydrogen-bond donors (Lipinski definition) is 1. The van der Waals surface area contributed by atoms with Gasteiger partial charge < -0.3 is 9.84 Å². The third kappa shape index (κ3) is 2.93. The van der Waals surface area contributed by atoms with E-state index in [1.54, 1.807) is 24.3 Å². The lowest BCUT2D eigenvalue weighted by Gasteiger charge is -2.09. The van der Waals surface area contributed by atoms with Gasteiger partial charge in [0.1, 0.15) is 10.8 Å². The molecule has 2 aromatic rings. The van der Waals surface area contributed by atoms with E-state index in [-0.39, 0.29) is 6.61 Å². The van der Waals surface area contributed by atoms with Crippen molar-refractivity contribution in [3.63, 3.8) is 0 Å². The molecule has 1 N–H and O–H groups in total. The predicted molar refractivity (Wildman–Crippen MR) is 71.4 cm³/mol. The molecule has 0 aliphatic heterocycles. The lowest BCUT2D eigenvalue weighted by atomic mass is 10.2. The van der Waals surface area contributed by atoms with Crippen LogP contribution in [0.2, 0.25) is 10.0 Å². The van der Waals surface area contributed by atoms with Gasteiger partial charge in [-0.1, -0.05) is 23.2 Å². The second-order valence-electron chi connectivity index (χ2n) is 3.80. The normalized spacial score (nSPS) is 10.4. The van der Waals surface area contributed by atoms with E-state index in [4.69, 9.17) is 33.0 Å². The molecule has 18 heavy (non-hydrogen) atoms. The molecule has 0 saturated heterocycles. The van der Waals surface area contributed by atoms with Gasteiger partial charge in [0, 0.05) is 11.2 Å². The first-order chi connectivity index (χ1) is 8.60. The molecule has 0 amide bonds. The highest BCUT2D eigenvalue weighted by Gasteiger charge is 2.08. The summed E-state index contributed by atoms with van der Waals surface area (Å²) in [5, 5.41) is 9.97. The van der Waals surface area contributed by atoms with E-state index in [1.807, 2.05) is 6.92 Å². The van der Waals surface area contributed by atoms with Crippen LogP contribution in [0.3, 0.4) is 0 Å². The quantitative estimate of drug-likeness (QED) is 0.926. The Morgan fingerprint density at radius 2 is 2.06 bits per heavy atom. The minimum absolute atomic E-state index is 0.104. The van der Waals surface area contributed by atoms with Crippen molar-refractivity contribution in [3.8, 4) is 11.6 Å². The summed E-state index contributed by atoms with van der Waals surface area (Å²) in [7, 11) is 0. The fourth-order valence-electron chi connectivity index (χ4n) is 1.46. The van der Waals surface area contributed by atoms with E-state index in [0.29, 0.717) is 27.2 Å². The van der Waals surface area contributed by atoms with Crippen LogP contribution < -0.4 is 4.74 Å². The molecular formula is C13H11Cl2NO2. The first kappa shape index (κ1) is 13.1. The van der Waals surface area contributed by atoms with Crippen LogP contribution in [0.25, 0.3) is 0 Å². The van der Waals surface area contributed by atoms with Crippen LogP contribution in [0.15, 0.2) is 30.5 Å². The SMILES string of the molecule is Cc1cc(Cl)ccc1Oc1ncc(CO)cc1Cl. The Labute approximate surface area is 115 Å². The number of aryl methyl sites for hydroxylation is 1. The molecule has 0 saturated carbocycles. The third-order valence-electron chi connectivity index (χ3n) is 2.39. The smallest absolute Gasteiger partial charge is 0.238 e. The lowest BCUT2D eigenvalue weighted by Crippen LogP contribution is -1.93. The van der Waals surface area contributed by atoms with Gasteiger partial charge in [0.05, 0.1) is 6.61 Å². The Balaban J connectivity index is 2.28. The standard InChI is InChI=1S/C13H11Cl2NO2/c1-8-4-10(14)2-3-12(8)18-13-11(15)5-9(7-17)6-16-13/h2-6,17H,7H2,1H3. The Morgan fingerprint density at radius 3 is 2.67 bits per heavy atom. The van der Waals surface area contributed by atoms with Crippen LogP contribution >= 0.6 is 23.2 Å². The maximum absolute atomic E-state index is 8.96. The zero-order valence-corrected chi connectivity index (χ0v) is 11.2. The summed E-state index contributed by atoms with van der Waals surface area (Å²) in [4.78, 5) is 4.06. The maximum atomic E-state index is 8.96. The topological polar surface area (TPSA) is 42.4 Å². The molecule has 0 aliphatic carbocycles. The minimum Gasteiger partial charge on any atom is -0.437 e. The van der Waals surface area contributed by atoms with Crippen molar-refractivity contribution in [3.05, 3.63) is 51.6 Å². The van der Waals surface area contributed by atoms with Crippen molar-refractivity contribution >= 4 is 23.2 Å². The van der Waals surface area contributed by atoms with E-state index in [0.717, 1.165) is 5.56 Å². The number of rotatable bonds is 3. The maximum Gasteiger partial charge on any atom is 0.238 e. The van der Waals surface area contributed by atoms with Crippen LogP contribution in [0.5, 0.6) is 11.6 Å². The number of benzene rings is 1. The van der Waals surface area contributed by atoms with Crippen LogP contribution in [0.1, 0.15) is 11.1 Å². The fourth-order valence-corrected chi connectivity index (χ4v) is 1.91. The van der Waals surface area contributed by atoms with Gasteiger partial charge in [-0.15, -0.1) is 0 Å². The van der Waals surface area contributed by atoms with Crippen LogP contribution in [0.4, 0.5) is 0 Å². The first-order valence-corrected chi connectivity index (χ1v) is 6.05. The number of halogens is 2. The van der Waals surface area contributed by atoms with Crippen molar-refractivity contribution in [2.45, 2.75) is 13.5 Å². The summed E-state index contributed by atoms with van der Waals surface area (Å²) in [5.74, 6) is 0.949. The highest BCUT2D eigenvalue weighted by molar-refractivity contribution is 6.32. The molecule has 5 heteroatoms. The van der Waals surface area contributed by atoms with E-state index >= 15 is 0 Å². The fraction of sp³-hybridized carbons (Fsp3) is 0.154. The van der Waals surface area contributed by atoms with E-state index in [2.05, 4.69) is 4.98 Å². The van der Waals surface area contributed by atoms with Crippen LogP contribution in [-0.4, -0.2) is 10.1 Å². The average Bonchev–Trinajstić information content (AvgIpc) is 2.34. The van der Waals surface area contributed by atoms with E-state index in [1.165, 1.54) is 6.20 Å². The summed E-state index contributed by atoms with van der Waals surface area (Å²) in [5.41, 5.74) is 1.53. The highest BCUT2D eigenvalue weighted by Crippen LogP contribution is 2.30. The van der Waals surface area contributed by atoms with Crippen molar-refractivity contribution in [2.75, 3.05) is 0 Å². The Morgan fingerprint density at radius 1 is 1.28 bits per heavy atom. The molecule has 0 bridgehead atoms. The Hall–Kier alpha value is -1.29. The zero-order valence-electron chi connectivity index (χ0n) is 9.65. The third-order valence-corrected chi connectivity index (χ3v) is 2.90. The molecule has 1 heterocycles. The summed E-state index contributed by atoms with van der Waals surface area (Å²) in [6, 6.07) is 6.91. The first-order valence-electron chi connectivity index (χ1n) is 5.29. The molecule has 94 valence electrons. The lowest BCUT2D eigenvalue weighted by molar-refractivity contribution is 0.281. The number of aromatic nitrogens is 1. The largest absolute Gasteiger partial charge is 0.437 e. The van der Waals surface area contributed by atoms with Crippen molar-refractivity contribution in [1.29, 1.82) is 0 Å². The minimum atomic E-state index is -0.104. The second-order valence-corrected chi connectivity index (χ2v) is 4.64. The predicted octanol–water partition coefficient (Wildman–Crippen LogP) is 3.98. The molecule has 0 aliphatic rings. The van der Waals surface area contributed by atoms with Crippen LogP contribution in [0, 0.1) is 6.92 Å². The van der Waals surface area contributed by atoms with Gasteiger partial charge in [-0.3, -0.25) is 0 Å². The molecule has 1 aromatic heterocycles. The Kier molecular flexibility index (Phi) is 4.07. The number of aliphatic hydroxyl groups is 1. The molecule has 0 spiro atoms. The van der Waals surface area contributed by atoms with Gasteiger partial charge in [0.25, 0.3) is 0 Å². The molecule has 1 aromatic carbocycles. The molecule has 2 rings (SSSR count). The number of hydrogen-bond acceptors (Lipinski definition) is 3. The van der Waals surface area contributed by atoms with Gasteiger partial charge in [-0.05, 0) is 42.3 Å². The van der Waals surface area contributed by atoms with Gasteiger partial charge in [-0.2, -0.15) is 0 Å². The summed E-state index contributed by atoms with van der Waals surface area (Å²) >= 11 is 11.9. The Bertz CT molecular complexity index is 573. The van der Waals surface area contributed by atoms with Crippen LogP contribution in [-0.2, 0) is 6.61 Å². The summed E-state index contributed by atoms with van der Waals surface area (Å²) in [6.07, 6.45) is 1.52. The van der Waals surface area contributed by atoms with Crippen molar-refractivity contribution in [2.24, 2.45) is 0 Å². The number of ether oxygens (including phenoxy) is 1. The number of aliphatic hydroxyl groups excluding tert-OH is 1. The van der Waals surface area contributed by atoms with Crippen molar-refractivity contribution < 1.29 is 9.84 Å². The molecular weight excluding hydrogens is 273 g/mol. The van der Waals surface area contributed by atoms with Gasteiger partial charge in [0.2, 0.25) is 5.88 Å². The zero-order chi connectivity index (χ0) is 13.1. The summed E-state index contributed by atoms with van der Waals surface area (Å²) < 4.78 is 5.61. The van der Waals surface area contributed by atoms with Crippen molar-refractivity contribution in [1.82, 2.24) is 4.98 Å². The molecule has 0 unspecified atom stereocenters. The second kappa shape index (κ2) is 5.57. The average molecular weight is 284 g/mol. The van der Waals surface area contributed by atoms with Gasteiger partial charge in [0.15, 0.2) is 0 Å². The van der Waals surface area contributed by atoms with Gasteiger partial charge in [-0.25, -0.2) is 4.98 Å². The number of nitrogens with zero attached hydrogens (tertiary/aromatic N) is 1. The molecule has 3 nitrogen and oxygen atoms in total. The highest BCUT2D eigenvalue weighted by atomic mass is 35.5. The number of pyridine rings is 1. The monoisotopic (exact) mass is 283 g/mol. The van der Waals surface area contributed by atoms with E-state index < -0.39 is 0 Å². The van der Waals surface area contributed by atoms with Gasteiger partial charge >= 0.3 is 0 Å². The van der Waals surface area contributed by atoms with E-state index in [9.17, 15) is 0 Å². The molecule has 0 radical (unpaired) electrons.